The zero-order chi connectivity index (χ0) is 25.2. The van der Waals surface area contributed by atoms with Gasteiger partial charge in [0.05, 0.1) is 12.5 Å². The minimum Gasteiger partial charge on any atom is -0.481 e. The summed E-state index contributed by atoms with van der Waals surface area (Å²) in [7, 11) is 1.45. The van der Waals surface area contributed by atoms with Crippen molar-refractivity contribution in [3.05, 3.63) is 59.7 Å². The molecule has 0 radical (unpaired) electrons. The van der Waals surface area contributed by atoms with Gasteiger partial charge in [-0.15, -0.1) is 0 Å². The Morgan fingerprint density at radius 3 is 2.23 bits per heavy atom. The zero-order valence-electron chi connectivity index (χ0n) is 20.3. The summed E-state index contributed by atoms with van der Waals surface area (Å²) in [5.74, 6) is -2.00. The molecule has 2 aromatic carbocycles. The Balaban J connectivity index is 1.47. The van der Waals surface area contributed by atoms with Crippen molar-refractivity contribution in [1.29, 1.82) is 0 Å². The number of ether oxygens (including phenoxy) is 2. The summed E-state index contributed by atoms with van der Waals surface area (Å²) in [6.07, 6.45) is 0.173. The van der Waals surface area contributed by atoms with Gasteiger partial charge in [-0.3, -0.25) is 9.59 Å². The van der Waals surface area contributed by atoms with E-state index in [0.717, 1.165) is 22.3 Å². The third-order valence-corrected chi connectivity index (χ3v) is 7.17. The summed E-state index contributed by atoms with van der Waals surface area (Å²) in [6.45, 7) is 3.82. The normalized spacial score (nSPS) is 20.6. The lowest BCUT2D eigenvalue weighted by Crippen LogP contribution is -2.61. The topological polar surface area (TPSA) is 105 Å². The highest BCUT2D eigenvalue weighted by atomic mass is 16.5. The molecule has 1 saturated heterocycles. The molecule has 0 spiro atoms. The lowest BCUT2D eigenvalue weighted by molar-refractivity contribution is -0.145. The van der Waals surface area contributed by atoms with Gasteiger partial charge in [0.2, 0.25) is 0 Å². The van der Waals surface area contributed by atoms with E-state index in [2.05, 4.69) is 17.4 Å². The van der Waals surface area contributed by atoms with Gasteiger partial charge >= 0.3 is 12.1 Å². The summed E-state index contributed by atoms with van der Waals surface area (Å²) >= 11 is 0. The number of carboxylic acids is 1. The number of hydrogen-bond donors (Lipinski definition) is 2. The molecule has 1 fully saturated rings. The lowest BCUT2D eigenvalue weighted by atomic mass is 9.96. The number of alkyl carbamates (subject to hydrolysis) is 1. The van der Waals surface area contributed by atoms with E-state index in [1.807, 2.05) is 43.3 Å². The van der Waals surface area contributed by atoms with Crippen LogP contribution >= 0.6 is 0 Å². The van der Waals surface area contributed by atoms with E-state index in [1.165, 1.54) is 7.11 Å². The van der Waals surface area contributed by atoms with Crippen molar-refractivity contribution >= 4 is 18.0 Å². The first-order chi connectivity index (χ1) is 16.8. The van der Waals surface area contributed by atoms with Crippen LogP contribution in [-0.4, -0.2) is 66.4 Å². The van der Waals surface area contributed by atoms with Crippen LogP contribution in [0.25, 0.3) is 11.1 Å². The van der Waals surface area contributed by atoms with Crippen molar-refractivity contribution in [1.82, 2.24) is 10.2 Å². The smallest absolute Gasteiger partial charge is 0.408 e. The van der Waals surface area contributed by atoms with E-state index >= 15 is 0 Å². The molecule has 2 aromatic rings. The van der Waals surface area contributed by atoms with Crippen LogP contribution < -0.4 is 5.32 Å². The van der Waals surface area contributed by atoms with E-state index < -0.39 is 29.6 Å². The number of methoxy groups -OCH3 is 1. The standard InChI is InChI=1S/C27H32N2O6/c1-4-23-21(24(30)31)13-14-29(23)25(32)27(2,16-34-3)28-26(33)35-15-22-19-11-7-5-9-17(19)18-10-6-8-12-20(18)22/h5-12,21-23H,4,13-16H2,1-3H3,(H,28,33)(H,30,31). The van der Waals surface area contributed by atoms with E-state index in [4.69, 9.17) is 9.47 Å². The first-order valence-electron chi connectivity index (χ1n) is 12.0. The molecule has 1 aliphatic carbocycles. The fourth-order valence-corrected chi connectivity index (χ4v) is 5.52. The Bertz CT molecular complexity index is 1070. The predicted octanol–water partition coefficient (Wildman–Crippen LogP) is 3.64. The summed E-state index contributed by atoms with van der Waals surface area (Å²) < 4.78 is 10.9. The Morgan fingerprint density at radius 2 is 1.69 bits per heavy atom. The largest absolute Gasteiger partial charge is 0.481 e. The first-order valence-corrected chi connectivity index (χ1v) is 12.0. The van der Waals surface area contributed by atoms with Gasteiger partial charge in [0.1, 0.15) is 12.1 Å². The molecule has 0 bridgehead atoms. The Hall–Kier alpha value is -3.39. The molecule has 2 aliphatic rings. The molecular formula is C27H32N2O6. The van der Waals surface area contributed by atoms with Crippen molar-refractivity contribution < 1.29 is 29.0 Å². The van der Waals surface area contributed by atoms with Gasteiger partial charge in [0, 0.05) is 25.6 Å². The number of carbonyl (C=O) groups is 3. The number of nitrogens with zero attached hydrogens (tertiary/aromatic N) is 1. The van der Waals surface area contributed by atoms with E-state index in [-0.39, 0.29) is 25.0 Å². The predicted molar refractivity (Wildman–Crippen MR) is 130 cm³/mol. The van der Waals surface area contributed by atoms with Crippen molar-refractivity contribution in [3.63, 3.8) is 0 Å². The van der Waals surface area contributed by atoms with E-state index in [9.17, 15) is 19.5 Å². The second-order valence-electron chi connectivity index (χ2n) is 9.42. The SMILES string of the molecule is CCC1C(C(=O)O)CCN1C(=O)C(C)(COC)NC(=O)OCC1c2ccccc2-c2ccccc21. The zero-order valence-corrected chi connectivity index (χ0v) is 20.3. The van der Waals surface area contributed by atoms with Crippen LogP contribution in [0.4, 0.5) is 4.79 Å². The maximum Gasteiger partial charge on any atom is 0.408 e. The Kier molecular flexibility index (Phi) is 7.12. The summed E-state index contributed by atoms with van der Waals surface area (Å²) in [6, 6.07) is 15.7. The minimum absolute atomic E-state index is 0.0687. The van der Waals surface area contributed by atoms with Gasteiger partial charge < -0.3 is 24.8 Å². The van der Waals surface area contributed by atoms with Crippen LogP contribution in [0.5, 0.6) is 0 Å². The number of fused-ring (bicyclic) bond motifs is 3. The molecule has 8 heteroatoms. The maximum absolute atomic E-state index is 13.5. The number of likely N-dealkylation sites (tertiary alicyclic amines) is 1. The van der Waals surface area contributed by atoms with Gasteiger partial charge in [-0.25, -0.2) is 4.79 Å². The molecule has 2 N–H and O–H groups in total. The van der Waals surface area contributed by atoms with E-state index in [1.54, 1.807) is 11.8 Å². The average molecular weight is 481 g/mol. The van der Waals surface area contributed by atoms with Gasteiger partial charge in [-0.2, -0.15) is 0 Å². The molecule has 1 aliphatic heterocycles. The van der Waals surface area contributed by atoms with Crippen molar-refractivity contribution in [2.24, 2.45) is 5.92 Å². The summed E-state index contributed by atoms with van der Waals surface area (Å²) in [5, 5.41) is 12.2. The fourth-order valence-electron chi connectivity index (χ4n) is 5.52. The first kappa shape index (κ1) is 24.7. The van der Waals surface area contributed by atoms with Crippen LogP contribution in [0.15, 0.2) is 48.5 Å². The van der Waals surface area contributed by atoms with E-state index in [0.29, 0.717) is 19.4 Å². The minimum atomic E-state index is -1.39. The number of rotatable bonds is 8. The second-order valence-corrected chi connectivity index (χ2v) is 9.42. The molecule has 8 nitrogen and oxygen atoms in total. The number of carboxylic acid groups (broad SMARTS) is 1. The average Bonchev–Trinajstić information content (AvgIpc) is 3.42. The lowest BCUT2D eigenvalue weighted by Gasteiger charge is -2.35. The van der Waals surface area contributed by atoms with Gasteiger partial charge in [0.25, 0.3) is 5.91 Å². The number of benzene rings is 2. The third-order valence-electron chi connectivity index (χ3n) is 7.17. The Morgan fingerprint density at radius 1 is 1.09 bits per heavy atom. The molecule has 3 atom stereocenters. The molecule has 0 aromatic heterocycles. The molecule has 1 heterocycles. The summed E-state index contributed by atoms with van der Waals surface area (Å²) in [4.78, 5) is 39.6. The number of carbonyl (C=O) groups excluding carboxylic acids is 2. The molecule has 35 heavy (non-hydrogen) atoms. The number of hydrogen-bond acceptors (Lipinski definition) is 5. The Labute approximate surface area is 205 Å². The summed E-state index contributed by atoms with van der Waals surface area (Å²) in [5.41, 5.74) is 3.06. The van der Waals surface area contributed by atoms with Crippen molar-refractivity contribution in [2.75, 3.05) is 26.9 Å². The highest BCUT2D eigenvalue weighted by Crippen LogP contribution is 2.44. The quantitative estimate of drug-likeness (QED) is 0.598. The highest BCUT2D eigenvalue weighted by molar-refractivity contribution is 5.91. The monoisotopic (exact) mass is 480 g/mol. The molecule has 3 unspecified atom stereocenters. The van der Waals surface area contributed by atoms with Crippen LogP contribution in [0.1, 0.15) is 43.7 Å². The molecule has 4 rings (SSSR count). The molecule has 0 saturated carbocycles. The van der Waals surface area contributed by atoms with Crippen molar-refractivity contribution in [3.8, 4) is 11.1 Å². The second kappa shape index (κ2) is 10.1. The van der Waals surface area contributed by atoms with Crippen LogP contribution in [0, 0.1) is 5.92 Å². The maximum atomic E-state index is 13.5. The van der Waals surface area contributed by atoms with Gasteiger partial charge in [-0.1, -0.05) is 55.5 Å². The fraction of sp³-hybridized carbons (Fsp3) is 0.444. The number of nitrogens with one attached hydrogen (secondary N) is 1. The molecular weight excluding hydrogens is 448 g/mol. The molecule has 2 amide bonds. The molecule has 186 valence electrons. The number of aliphatic carboxylic acids is 1. The highest BCUT2D eigenvalue weighted by Gasteiger charge is 2.47. The van der Waals surface area contributed by atoms with Crippen molar-refractivity contribution in [2.45, 2.75) is 44.2 Å². The van der Waals surface area contributed by atoms with Crippen LogP contribution in [0.3, 0.4) is 0 Å². The van der Waals surface area contributed by atoms with Gasteiger partial charge in [0.15, 0.2) is 0 Å². The third kappa shape index (κ3) is 4.62. The van der Waals surface area contributed by atoms with Crippen LogP contribution in [0.2, 0.25) is 0 Å². The van der Waals surface area contributed by atoms with Gasteiger partial charge in [-0.05, 0) is 42.0 Å². The number of amides is 2. The van der Waals surface area contributed by atoms with Crippen LogP contribution in [-0.2, 0) is 19.1 Å².